The lowest BCUT2D eigenvalue weighted by Gasteiger charge is -2.61. The molecule has 0 bridgehead atoms. The van der Waals surface area contributed by atoms with Crippen molar-refractivity contribution in [2.24, 2.45) is 11.8 Å². The van der Waals surface area contributed by atoms with Crippen molar-refractivity contribution in [3.05, 3.63) is 34.0 Å². The molecule has 0 radical (unpaired) electrons. The van der Waals surface area contributed by atoms with Gasteiger partial charge in [0.2, 0.25) is 0 Å². The van der Waals surface area contributed by atoms with E-state index in [1.807, 2.05) is 6.07 Å². The molecule has 34 heavy (non-hydrogen) atoms. The SMILES string of the molecule is CC[C@@H]1CN2CC[C@@]34OCCO[C@@]3(Nc3cc(Br)cc(OC)c34)[C@@H]2C[C@@H]1/C(=C\OC)C(=O)OC. The van der Waals surface area contributed by atoms with Crippen molar-refractivity contribution >= 4 is 27.6 Å². The molecule has 4 aliphatic rings. The van der Waals surface area contributed by atoms with E-state index in [9.17, 15) is 4.79 Å². The van der Waals surface area contributed by atoms with Crippen LogP contribution in [-0.2, 0) is 29.3 Å². The minimum absolute atomic E-state index is 0.0184. The first-order valence-electron chi connectivity index (χ1n) is 11.9. The van der Waals surface area contributed by atoms with Gasteiger partial charge in [0.1, 0.15) is 11.4 Å². The van der Waals surface area contributed by atoms with Crippen LogP contribution in [0.1, 0.15) is 31.7 Å². The van der Waals surface area contributed by atoms with Crippen LogP contribution in [0.5, 0.6) is 5.75 Å². The van der Waals surface area contributed by atoms with E-state index in [2.05, 4.69) is 39.1 Å². The quantitative estimate of drug-likeness (QED) is 0.347. The van der Waals surface area contributed by atoms with Gasteiger partial charge in [-0.2, -0.15) is 0 Å². The van der Waals surface area contributed by atoms with Crippen LogP contribution in [0.2, 0.25) is 0 Å². The Kier molecular flexibility index (Phi) is 6.33. The summed E-state index contributed by atoms with van der Waals surface area (Å²) in [5, 5.41) is 3.76. The molecule has 4 aliphatic heterocycles. The predicted octanol–water partition coefficient (Wildman–Crippen LogP) is 3.65. The van der Waals surface area contributed by atoms with Crippen molar-refractivity contribution in [3.8, 4) is 5.75 Å². The molecule has 3 fully saturated rings. The topological polar surface area (TPSA) is 78.5 Å². The third-order valence-electron chi connectivity index (χ3n) is 8.14. The highest BCUT2D eigenvalue weighted by atomic mass is 79.9. The van der Waals surface area contributed by atoms with E-state index < -0.39 is 11.3 Å². The number of hydrogen-bond donors (Lipinski definition) is 1. The van der Waals surface area contributed by atoms with Gasteiger partial charge in [-0.25, -0.2) is 4.79 Å². The van der Waals surface area contributed by atoms with Crippen molar-refractivity contribution in [1.82, 2.24) is 4.90 Å². The molecule has 0 aromatic heterocycles. The molecular formula is C25H33BrN2O6. The number of carbonyl (C=O) groups is 1. The van der Waals surface area contributed by atoms with Crippen LogP contribution < -0.4 is 10.1 Å². The summed E-state index contributed by atoms with van der Waals surface area (Å²) in [6, 6.07) is 4.04. The largest absolute Gasteiger partial charge is 0.504 e. The zero-order chi connectivity index (χ0) is 24.1. The van der Waals surface area contributed by atoms with Crippen molar-refractivity contribution in [3.63, 3.8) is 0 Å². The zero-order valence-corrected chi connectivity index (χ0v) is 21.8. The summed E-state index contributed by atoms with van der Waals surface area (Å²) in [6.45, 7) is 4.94. The second-order valence-corrected chi connectivity index (χ2v) is 10.4. The Labute approximate surface area is 209 Å². The van der Waals surface area contributed by atoms with Gasteiger partial charge in [0.15, 0.2) is 5.72 Å². The van der Waals surface area contributed by atoms with E-state index in [0.717, 1.165) is 53.8 Å². The highest BCUT2D eigenvalue weighted by molar-refractivity contribution is 9.10. The standard InChI is InChI=1S/C25H33BrN2O6/c1-5-15-13-28-7-6-24-22-19(10-16(26)11-20(22)31-3)27-25(24,34-9-8-33-24)21(28)12-17(15)18(14-30-2)23(29)32-4/h10-11,14-15,17,21,27H,5-9,12-13H2,1-4H3/b18-14+/t15-,17+,21+,24+,25+/m1/s1. The third-order valence-corrected chi connectivity index (χ3v) is 8.60. The summed E-state index contributed by atoms with van der Waals surface area (Å²) >= 11 is 3.62. The Morgan fingerprint density at radius 2 is 2.09 bits per heavy atom. The number of nitrogens with zero attached hydrogens (tertiary/aromatic N) is 1. The molecule has 1 aromatic carbocycles. The lowest BCUT2D eigenvalue weighted by atomic mass is 9.67. The number of nitrogens with one attached hydrogen (secondary N) is 1. The van der Waals surface area contributed by atoms with Gasteiger partial charge < -0.3 is 29.0 Å². The normalized spacial score (nSPS) is 34.7. The van der Waals surface area contributed by atoms with Crippen LogP contribution in [-0.4, -0.2) is 70.3 Å². The summed E-state index contributed by atoms with van der Waals surface area (Å²) in [5.74, 6) is 0.726. The average molecular weight is 537 g/mol. The molecule has 1 N–H and O–H groups in total. The van der Waals surface area contributed by atoms with Gasteiger partial charge in [0, 0.05) is 23.2 Å². The molecule has 0 spiro atoms. The Bertz CT molecular complexity index is 1000. The van der Waals surface area contributed by atoms with Gasteiger partial charge in [0.25, 0.3) is 0 Å². The Morgan fingerprint density at radius 1 is 1.29 bits per heavy atom. The molecule has 4 heterocycles. The molecule has 9 heteroatoms. The first-order chi connectivity index (χ1) is 16.4. The van der Waals surface area contributed by atoms with Crippen LogP contribution in [0.25, 0.3) is 0 Å². The summed E-state index contributed by atoms with van der Waals surface area (Å²) in [5.41, 5.74) is 1.10. The molecule has 0 amide bonds. The van der Waals surface area contributed by atoms with E-state index in [4.69, 9.17) is 23.7 Å². The summed E-state index contributed by atoms with van der Waals surface area (Å²) < 4.78 is 30.6. The number of ether oxygens (including phenoxy) is 5. The minimum atomic E-state index is -0.787. The number of rotatable bonds is 5. The van der Waals surface area contributed by atoms with Crippen molar-refractivity contribution in [1.29, 1.82) is 0 Å². The molecule has 0 unspecified atom stereocenters. The lowest BCUT2D eigenvalue weighted by molar-refractivity contribution is -0.297. The van der Waals surface area contributed by atoms with Gasteiger partial charge in [-0.3, -0.25) is 4.90 Å². The van der Waals surface area contributed by atoms with Gasteiger partial charge in [-0.1, -0.05) is 29.3 Å². The number of fused-ring (bicyclic) bond motifs is 2. The molecule has 186 valence electrons. The molecule has 0 saturated carbocycles. The van der Waals surface area contributed by atoms with Crippen molar-refractivity contribution < 1.29 is 28.5 Å². The predicted molar refractivity (Wildman–Crippen MR) is 130 cm³/mol. The van der Waals surface area contributed by atoms with E-state index in [-0.39, 0.29) is 17.9 Å². The number of halogens is 1. The summed E-state index contributed by atoms with van der Waals surface area (Å²) in [6.07, 6.45) is 4.02. The fourth-order valence-electron chi connectivity index (χ4n) is 6.76. The van der Waals surface area contributed by atoms with Crippen LogP contribution in [0.15, 0.2) is 28.4 Å². The van der Waals surface area contributed by atoms with E-state index >= 15 is 0 Å². The van der Waals surface area contributed by atoms with Crippen molar-refractivity contribution in [2.45, 2.75) is 43.6 Å². The molecule has 5 rings (SSSR count). The first kappa shape index (κ1) is 23.9. The number of carbonyl (C=O) groups excluding carboxylic acids is 1. The number of piperidine rings is 2. The summed E-state index contributed by atoms with van der Waals surface area (Å²) in [4.78, 5) is 15.3. The minimum Gasteiger partial charge on any atom is -0.504 e. The van der Waals surface area contributed by atoms with E-state index in [1.54, 1.807) is 20.5 Å². The van der Waals surface area contributed by atoms with Crippen LogP contribution in [0, 0.1) is 11.8 Å². The summed E-state index contributed by atoms with van der Waals surface area (Å²) in [7, 11) is 4.68. The molecule has 1 aromatic rings. The van der Waals surface area contributed by atoms with Gasteiger partial charge in [0.05, 0.1) is 58.0 Å². The first-order valence-corrected chi connectivity index (χ1v) is 12.7. The molecular weight excluding hydrogens is 504 g/mol. The second kappa shape index (κ2) is 9.00. The number of hydrogen-bond acceptors (Lipinski definition) is 8. The van der Waals surface area contributed by atoms with E-state index in [0.29, 0.717) is 24.7 Å². The highest BCUT2D eigenvalue weighted by Crippen LogP contribution is 2.62. The number of methoxy groups -OCH3 is 3. The number of anilines is 1. The monoisotopic (exact) mass is 536 g/mol. The third kappa shape index (κ3) is 3.31. The van der Waals surface area contributed by atoms with Crippen molar-refractivity contribution in [2.75, 3.05) is 52.9 Å². The highest BCUT2D eigenvalue weighted by Gasteiger charge is 2.70. The molecule has 0 aliphatic carbocycles. The maximum absolute atomic E-state index is 12.8. The van der Waals surface area contributed by atoms with Crippen LogP contribution in [0.4, 0.5) is 5.69 Å². The molecule has 5 atom stereocenters. The second-order valence-electron chi connectivity index (χ2n) is 9.49. The zero-order valence-electron chi connectivity index (χ0n) is 20.2. The maximum Gasteiger partial charge on any atom is 0.337 e. The molecule has 3 saturated heterocycles. The van der Waals surface area contributed by atoms with Gasteiger partial charge >= 0.3 is 5.97 Å². The fourth-order valence-corrected chi connectivity index (χ4v) is 7.20. The number of benzene rings is 1. The van der Waals surface area contributed by atoms with E-state index in [1.165, 1.54) is 7.11 Å². The van der Waals surface area contributed by atoms with Crippen LogP contribution >= 0.6 is 15.9 Å². The Balaban J connectivity index is 1.61. The lowest BCUT2D eigenvalue weighted by Crippen LogP contribution is -2.75. The Morgan fingerprint density at radius 3 is 2.79 bits per heavy atom. The maximum atomic E-state index is 12.8. The Hall–Kier alpha value is -1.81. The average Bonchev–Trinajstić information content (AvgIpc) is 3.16. The fraction of sp³-hybridized carbons (Fsp3) is 0.640. The number of esters is 1. The van der Waals surface area contributed by atoms with Crippen LogP contribution in [0.3, 0.4) is 0 Å². The molecule has 8 nitrogen and oxygen atoms in total. The van der Waals surface area contributed by atoms with Gasteiger partial charge in [-0.05, 0) is 36.8 Å². The smallest absolute Gasteiger partial charge is 0.337 e. The van der Waals surface area contributed by atoms with Gasteiger partial charge in [-0.15, -0.1) is 0 Å².